The Morgan fingerprint density at radius 3 is 2.60 bits per heavy atom. The van der Waals surface area contributed by atoms with E-state index >= 15 is 0 Å². The van der Waals surface area contributed by atoms with Gasteiger partial charge in [0.1, 0.15) is 30.0 Å². The highest BCUT2D eigenvalue weighted by molar-refractivity contribution is 5.89. The maximum Gasteiger partial charge on any atom is 0.320 e. The van der Waals surface area contributed by atoms with Crippen LogP contribution in [-0.2, 0) is 5.41 Å². The SMILES string of the molecule is C[C@H]1CCCCN1c1nnc2ccc(OC3CC[C@H](NC(=O)Nc4cc(C(C)(C)C)nn4-c4cccc(OCCO)c4)c4ccccc43)cn12. The zero-order valence-corrected chi connectivity index (χ0v) is 29.2. The number of nitrogens with one attached hydrogen (secondary N) is 2. The first-order chi connectivity index (χ1) is 24.2. The van der Waals surface area contributed by atoms with Gasteiger partial charge in [-0.25, -0.2) is 9.48 Å². The van der Waals surface area contributed by atoms with E-state index in [-0.39, 0.29) is 36.8 Å². The summed E-state index contributed by atoms with van der Waals surface area (Å²) in [6.07, 6.45) is 6.79. The standard InChI is InChI=1S/C38H46N8O4/c1-25-10-7-8-19-44(25)37-42-41-34-18-15-28(24-45(34)37)50-32-17-16-31(29-13-5-6-14-30(29)32)39-36(48)40-35-23-33(38(2,3)4)43-46(35)26-11-9-12-27(22-26)49-21-20-47/h5-6,9,11-15,18,22-25,31-32,47H,7-8,10,16-17,19-21H2,1-4H3,(H2,39,40,48)/t25-,31-,32?/m0/s1. The minimum absolute atomic E-state index is 0.0810. The largest absolute Gasteiger partial charge is 0.491 e. The fraction of sp³-hybridized carbons (Fsp3) is 0.421. The molecule has 2 amide bonds. The van der Waals surface area contributed by atoms with Crippen molar-refractivity contribution in [2.24, 2.45) is 0 Å². The van der Waals surface area contributed by atoms with Gasteiger partial charge in [-0.3, -0.25) is 9.72 Å². The molecule has 1 fully saturated rings. The summed E-state index contributed by atoms with van der Waals surface area (Å²) in [5, 5.41) is 29.3. The number of hydrogen-bond donors (Lipinski definition) is 3. The average molecular weight is 679 g/mol. The molecule has 2 aromatic carbocycles. The molecular formula is C38H46N8O4. The van der Waals surface area contributed by atoms with Crippen LogP contribution in [0, 0.1) is 0 Å². The van der Waals surface area contributed by atoms with Crippen LogP contribution in [0.3, 0.4) is 0 Å². The van der Waals surface area contributed by atoms with Crippen LogP contribution < -0.4 is 25.0 Å². The van der Waals surface area contributed by atoms with Crippen molar-refractivity contribution in [2.75, 3.05) is 30.0 Å². The summed E-state index contributed by atoms with van der Waals surface area (Å²) in [5.74, 6) is 2.75. The maximum atomic E-state index is 13.6. The molecule has 0 spiro atoms. The number of urea groups is 1. The summed E-state index contributed by atoms with van der Waals surface area (Å²) >= 11 is 0. The Morgan fingerprint density at radius 1 is 0.960 bits per heavy atom. The van der Waals surface area contributed by atoms with E-state index in [0.29, 0.717) is 24.0 Å². The van der Waals surface area contributed by atoms with Gasteiger partial charge < -0.3 is 24.8 Å². The number of benzene rings is 2. The summed E-state index contributed by atoms with van der Waals surface area (Å²) < 4.78 is 16.0. The third-order valence-corrected chi connectivity index (χ3v) is 9.58. The molecule has 3 N–H and O–H groups in total. The molecule has 0 radical (unpaired) electrons. The van der Waals surface area contributed by atoms with Crippen molar-refractivity contribution in [3.8, 4) is 17.2 Å². The zero-order valence-electron chi connectivity index (χ0n) is 29.2. The second-order valence-corrected chi connectivity index (χ2v) is 14.2. The van der Waals surface area contributed by atoms with Crippen LogP contribution in [0.5, 0.6) is 11.5 Å². The number of anilines is 2. The van der Waals surface area contributed by atoms with Crippen molar-refractivity contribution in [2.45, 2.75) is 83.4 Å². The summed E-state index contributed by atoms with van der Waals surface area (Å²) in [6, 6.07) is 21.3. The molecule has 1 saturated heterocycles. The predicted octanol–water partition coefficient (Wildman–Crippen LogP) is 6.74. The van der Waals surface area contributed by atoms with E-state index in [1.807, 2.05) is 65.2 Å². The lowest BCUT2D eigenvalue weighted by molar-refractivity contribution is 0.171. The second kappa shape index (κ2) is 14.0. The van der Waals surface area contributed by atoms with E-state index in [4.69, 9.17) is 14.6 Å². The van der Waals surface area contributed by atoms with E-state index in [0.717, 1.165) is 65.7 Å². The Bertz CT molecular complexity index is 1960. The number of rotatable bonds is 9. The predicted molar refractivity (Wildman–Crippen MR) is 192 cm³/mol. The molecule has 2 aliphatic rings. The number of fused-ring (bicyclic) bond motifs is 2. The number of pyridine rings is 1. The number of aromatic nitrogens is 5. The number of aliphatic hydroxyl groups excluding tert-OH is 1. The molecule has 0 bridgehead atoms. The highest BCUT2D eigenvalue weighted by atomic mass is 16.5. The van der Waals surface area contributed by atoms with Crippen LogP contribution in [0.25, 0.3) is 11.3 Å². The van der Waals surface area contributed by atoms with Crippen molar-refractivity contribution >= 4 is 23.4 Å². The van der Waals surface area contributed by atoms with Gasteiger partial charge in [0.25, 0.3) is 0 Å². The number of amides is 2. The Hall–Kier alpha value is -5.10. The van der Waals surface area contributed by atoms with Crippen LogP contribution >= 0.6 is 0 Å². The van der Waals surface area contributed by atoms with E-state index in [9.17, 15) is 9.90 Å². The highest BCUT2D eigenvalue weighted by Gasteiger charge is 2.31. The summed E-state index contributed by atoms with van der Waals surface area (Å²) in [7, 11) is 0. The molecule has 12 nitrogen and oxygen atoms in total. The van der Waals surface area contributed by atoms with Gasteiger partial charge in [-0.1, -0.05) is 51.1 Å². The summed E-state index contributed by atoms with van der Waals surface area (Å²) in [6.45, 7) is 9.58. The second-order valence-electron chi connectivity index (χ2n) is 14.2. The molecule has 0 saturated carbocycles. The molecule has 50 heavy (non-hydrogen) atoms. The first kappa shape index (κ1) is 33.4. The van der Waals surface area contributed by atoms with Crippen molar-refractivity contribution < 1.29 is 19.4 Å². The molecule has 3 atom stereocenters. The van der Waals surface area contributed by atoms with E-state index in [1.54, 1.807) is 4.68 Å². The average Bonchev–Trinajstić information content (AvgIpc) is 3.73. The van der Waals surface area contributed by atoms with Crippen LogP contribution in [-0.4, -0.2) is 61.3 Å². The van der Waals surface area contributed by atoms with Gasteiger partial charge in [0, 0.05) is 30.1 Å². The van der Waals surface area contributed by atoms with Gasteiger partial charge in [-0.15, -0.1) is 10.2 Å². The summed E-state index contributed by atoms with van der Waals surface area (Å²) in [4.78, 5) is 16.0. The van der Waals surface area contributed by atoms with Gasteiger partial charge in [0.15, 0.2) is 5.65 Å². The van der Waals surface area contributed by atoms with Crippen LogP contribution in [0.4, 0.5) is 16.6 Å². The molecule has 3 aromatic heterocycles. The lowest BCUT2D eigenvalue weighted by atomic mass is 9.85. The van der Waals surface area contributed by atoms with Crippen LogP contribution in [0.1, 0.15) is 88.8 Å². The molecule has 1 unspecified atom stereocenters. The number of carbonyl (C=O) groups excluding carboxylic acids is 1. The molecule has 7 rings (SSSR count). The van der Waals surface area contributed by atoms with Crippen molar-refractivity contribution in [1.82, 2.24) is 29.7 Å². The highest BCUT2D eigenvalue weighted by Crippen LogP contribution is 2.39. The van der Waals surface area contributed by atoms with Gasteiger partial charge in [-0.2, -0.15) is 5.10 Å². The minimum atomic E-state index is -0.323. The van der Waals surface area contributed by atoms with Gasteiger partial charge in [0.05, 0.1) is 30.2 Å². The fourth-order valence-corrected chi connectivity index (χ4v) is 6.92. The molecule has 12 heteroatoms. The van der Waals surface area contributed by atoms with Gasteiger partial charge >= 0.3 is 6.03 Å². The number of piperidine rings is 1. The third kappa shape index (κ3) is 6.98. The topological polar surface area (TPSA) is 131 Å². The van der Waals surface area contributed by atoms with Gasteiger partial charge in [0.2, 0.25) is 5.95 Å². The lowest BCUT2D eigenvalue weighted by Crippen LogP contribution is -2.38. The number of nitrogens with zero attached hydrogens (tertiary/aromatic N) is 6. The summed E-state index contributed by atoms with van der Waals surface area (Å²) in [5.41, 5.74) is 4.20. The third-order valence-electron chi connectivity index (χ3n) is 9.58. The zero-order chi connectivity index (χ0) is 34.8. The first-order valence-electron chi connectivity index (χ1n) is 17.6. The molecule has 1 aliphatic heterocycles. The van der Waals surface area contributed by atoms with Crippen molar-refractivity contribution in [3.63, 3.8) is 0 Å². The Morgan fingerprint density at radius 2 is 1.80 bits per heavy atom. The van der Waals surface area contributed by atoms with Crippen LogP contribution in [0.2, 0.25) is 0 Å². The maximum absolute atomic E-state index is 13.6. The number of carbonyl (C=O) groups is 1. The fourth-order valence-electron chi connectivity index (χ4n) is 6.92. The molecular weight excluding hydrogens is 632 g/mol. The quantitative estimate of drug-likeness (QED) is 0.156. The molecule has 5 aromatic rings. The van der Waals surface area contributed by atoms with Crippen molar-refractivity contribution in [1.29, 1.82) is 0 Å². The number of hydrogen-bond acceptors (Lipinski definition) is 8. The van der Waals surface area contributed by atoms with Crippen LogP contribution in [0.15, 0.2) is 72.9 Å². The Labute approximate surface area is 292 Å². The normalized spacial score (nSPS) is 19.2. The van der Waals surface area contributed by atoms with E-state index in [1.165, 1.54) is 6.42 Å². The van der Waals surface area contributed by atoms with E-state index < -0.39 is 0 Å². The van der Waals surface area contributed by atoms with Crippen molar-refractivity contribution in [3.05, 3.63) is 89.7 Å². The monoisotopic (exact) mass is 678 g/mol. The molecule has 4 heterocycles. The molecule has 262 valence electrons. The smallest absolute Gasteiger partial charge is 0.320 e. The Balaban J connectivity index is 1.08. The molecule has 1 aliphatic carbocycles. The van der Waals surface area contributed by atoms with E-state index in [2.05, 4.69) is 65.6 Å². The number of aliphatic hydroxyl groups is 1. The van der Waals surface area contributed by atoms with Gasteiger partial charge in [-0.05, 0) is 74.4 Å². The Kier molecular flexibility index (Phi) is 9.37. The lowest BCUT2D eigenvalue weighted by Gasteiger charge is -2.33. The first-order valence-corrected chi connectivity index (χ1v) is 17.6. The number of ether oxygens (including phenoxy) is 2. The minimum Gasteiger partial charge on any atom is -0.491 e.